The number of aryl methyl sites for hydroxylation is 1. The van der Waals surface area contributed by atoms with Gasteiger partial charge < -0.3 is 9.47 Å². The van der Waals surface area contributed by atoms with Crippen molar-refractivity contribution in [3.8, 4) is 17.6 Å². The SMILES string of the molecule is COc1cc(C=C(C#N)S(=O)(=O)c2ccc(C)cc2)ccc1OCc1ccccc1F. The first-order chi connectivity index (χ1) is 14.8. The molecular weight excluding hydrogens is 417 g/mol. The molecule has 158 valence electrons. The van der Waals surface area contributed by atoms with Crippen LogP contribution in [0.2, 0.25) is 0 Å². The maximum absolute atomic E-state index is 13.8. The first-order valence-corrected chi connectivity index (χ1v) is 10.8. The van der Waals surface area contributed by atoms with Gasteiger partial charge in [0, 0.05) is 5.56 Å². The lowest BCUT2D eigenvalue weighted by atomic mass is 10.2. The molecule has 0 N–H and O–H groups in total. The molecule has 0 unspecified atom stereocenters. The third kappa shape index (κ3) is 5.11. The lowest BCUT2D eigenvalue weighted by Gasteiger charge is -2.12. The summed E-state index contributed by atoms with van der Waals surface area (Å²) in [7, 11) is -2.52. The minimum atomic E-state index is -3.96. The van der Waals surface area contributed by atoms with E-state index in [0.29, 0.717) is 22.6 Å². The Balaban J connectivity index is 1.88. The molecule has 0 saturated carbocycles. The molecule has 0 fully saturated rings. The van der Waals surface area contributed by atoms with E-state index in [0.717, 1.165) is 5.56 Å². The number of sulfone groups is 1. The number of nitrogens with zero attached hydrogens (tertiary/aromatic N) is 1. The van der Waals surface area contributed by atoms with Gasteiger partial charge in [0.15, 0.2) is 11.5 Å². The number of halogens is 1. The predicted octanol–water partition coefficient (Wildman–Crippen LogP) is 5.06. The summed E-state index contributed by atoms with van der Waals surface area (Å²) in [5.74, 6) is 0.318. The molecule has 3 rings (SSSR count). The zero-order valence-electron chi connectivity index (χ0n) is 17.0. The molecule has 0 radical (unpaired) electrons. The minimum absolute atomic E-state index is 0.00344. The molecule has 0 saturated heterocycles. The summed E-state index contributed by atoms with van der Waals surface area (Å²) >= 11 is 0. The van der Waals surface area contributed by atoms with Gasteiger partial charge in [0.25, 0.3) is 0 Å². The molecule has 0 spiro atoms. The van der Waals surface area contributed by atoms with Gasteiger partial charge in [-0.25, -0.2) is 12.8 Å². The van der Waals surface area contributed by atoms with Crippen molar-refractivity contribution in [1.29, 1.82) is 5.26 Å². The van der Waals surface area contributed by atoms with E-state index >= 15 is 0 Å². The zero-order valence-corrected chi connectivity index (χ0v) is 17.8. The maximum Gasteiger partial charge on any atom is 0.216 e. The summed E-state index contributed by atoms with van der Waals surface area (Å²) in [5, 5.41) is 9.47. The van der Waals surface area contributed by atoms with Crippen molar-refractivity contribution in [2.45, 2.75) is 18.4 Å². The summed E-state index contributed by atoms with van der Waals surface area (Å²) in [4.78, 5) is -0.346. The Bertz CT molecular complexity index is 1260. The van der Waals surface area contributed by atoms with E-state index in [1.165, 1.54) is 31.4 Å². The summed E-state index contributed by atoms with van der Waals surface area (Å²) in [6.07, 6.45) is 1.28. The summed E-state index contributed by atoms with van der Waals surface area (Å²) in [6, 6.07) is 19.1. The van der Waals surface area contributed by atoms with Gasteiger partial charge in [0.05, 0.1) is 12.0 Å². The van der Waals surface area contributed by atoms with Crippen molar-refractivity contribution in [2.24, 2.45) is 0 Å². The van der Waals surface area contributed by atoms with Crippen LogP contribution in [0.1, 0.15) is 16.7 Å². The number of ether oxygens (including phenoxy) is 2. The number of rotatable bonds is 7. The average molecular weight is 437 g/mol. The van der Waals surface area contributed by atoms with Crippen LogP contribution in [0.4, 0.5) is 4.39 Å². The summed E-state index contributed by atoms with van der Waals surface area (Å²) < 4.78 is 50.4. The van der Waals surface area contributed by atoms with Crippen molar-refractivity contribution in [2.75, 3.05) is 7.11 Å². The smallest absolute Gasteiger partial charge is 0.216 e. The number of nitriles is 1. The van der Waals surface area contributed by atoms with E-state index in [1.807, 2.05) is 6.92 Å². The van der Waals surface area contributed by atoms with E-state index in [4.69, 9.17) is 9.47 Å². The fraction of sp³-hybridized carbons (Fsp3) is 0.125. The van der Waals surface area contributed by atoms with Gasteiger partial charge in [-0.15, -0.1) is 0 Å². The van der Waals surface area contributed by atoms with Crippen LogP contribution in [-0.4, -0.2) is 15.5 Å². The molecule has 0 aliphatic rings. The average Bonchev–Trinajstić information content (AvgIpc) is 2.77. The van der Waals surface area contributed by atoms with Gasteiger partial charge in [-0.3, -0.25) is 0 Å². The fourth-order valence-corrected chi connectivity index (χ4v) is 3.99. The van der Waals surface area contributed by atoms with Crippen LogP contribution < -0.4 is 9.47 Å². The van der Waals surface area contributed by atoms with Crippen molar-refractivity contribution in [3.63, 3.8) is 0 Å². The molecule has 0 aromatic heterocycles. The number of benzene rings is 3. The molecule has 0 amide bonds. The molecule has 3 aromatic carbocycles. The normalized spacial score (nSPS) is 11.6. The third-order valence-electron chi connectivity index (χ3n) is 4.56. The quantitative estimate of drug-likeness (QED) is 0.483. The van der Waals surface area contributed by atoms with Gasteiger partial charge >= 0.3 is 0 Å². The second kappa shape index (κ2) is 9.45. The number of methoxy groups -OCH3 is 1. The van der Waals surface area contributed by atoms with Crippen molar-refractivity contribution in [1.82, 2.24) is 0 Å². The molecule has 0 aliphatic carbocycles. The zero-order chi connectivity index (χ0) is 22.4. The van der Waals surface area contributed by atoms with Crippen molar-refractivity contribution in [3.05, 3.63) is 94.1 Å². The van der Waals surface area contributed by atoms with Gasteiger partial charge in [0.1, 0.15) is 23.4 Å². The molecule has 0 heterocycles. The second-order valence-corrected chi connectivity index (χ2v) is 8.65. The maximum atomic E-state index is 13.8. The van der Waals surface area contributed by atoms with Crippen molar-refractivity contribution < 1.29 is 22.3 Å². The minimum Gasteiger partial charge on any atom is -0.493 e. The Morgan fingerprint density at radius 3 is 2.42 bits per heavy atom. The van der Waals surface area contributed by atoms with Crippen LogP contribution >= 0.6 is 0 Å². The molecule has 3 aromatic rings. The Morgan fingerprint density at radius 2 is 1.77 bits per heavy atom. The molecule has 0 aliphatic heterocycles. The van der Waals surface area contributed by atoms with Crippen LogP contribution in [0.3, 0.4) is 0 Å². The Morgan fingerprint density at radius 1 is 1.06 bits per heavy atom. The molecule has 0 bridgehead atoms. The van der Waals surface area contributed by atoms with Crippen LogP contribution in [0.5, 0.6) is 11.5 Å². The monoisotopic (exact) mass is 437 g/mol. The van der Waals surface area contributed by atoms with E-state index in [-0.39, 0.29) is 17.3 Å². The lowest BCUT2D eigenvalue weighted by Crippen LogP contribution is -2.03. The van der Waals surface area contributed by atoms with E-state index in [1.54, 1.807) is 54.6 Å². The highest BCUT2D eigenvalue weighted by Gasteiger charge is 2.21. The Kier molecular flexibility index (Phi) is 6.73. The molecule has 31 heavy (non-hydrogen) atoms. The molecular formula is C24H20FNO4S. The lowest BCUT2D eigenvalue weighted by molar-refractivity contribution is 0.279. The van der Waals surface area contributed by atoms with Crippen LogP contribution in [-0.2, 0) is 16.4 Å². The number of allylic oxidation sites excluding steroid dienone is 1. The molecule has 5 nitrogen and oxygen atoms in total. The Labute approximate surface area is 180 Å². The summed E-state index contributed by atoms with van der Waals surface area (Å²) in [6.45, 7) is 1.85. The topological polar surface area (TPSA) is 76.4 Å². The van der Waals surface area contributed by atoms with Gasteiger partial charge in [0.2, 0.25) is 9.84 Å². The molecule has 0 atom stereocenters. The number of hydrogen-bond acceptors (Lipinski definition) is 5. The van der Waals surface area contributed by atoms with Crippen molar-refractivity contribution >= 4 is 15.9 Å². The first kappa shape index (κ1) is 22.1. The highest BCUT2D eigenvalue weighted by Crippen LogP contribution is 2.31. The Hall–Kier alpha value is -3.63. The third-order valence-corrected chi connectivity index (χ3v) is 6.24. The second-order valence-electron chi connectivity index (χ2n) is 6.73. The van der Waals surface area contributed by atoms with E-state index in [9.17, 15) is 18.1 Å². The van der Waals surface area contributed by atoms with Crippen LogP contribution in [0, 0.1) is 24.1 Å². The van der Waals surface area contributed by atoms with Crippen LogP contribution in [0.15, 0.2) is 76.5 Å². The molecule has 7 heteroatoms. The number of hydrogen-bond donors (Lipinski definition) is 0. The highest BCUT2D eigenvalue weighted by molar-refractivity contribution is 7.95. The fourth-order valence-electron chi connectivity index (χ4n) is 2.83. The van der Waals surface area contributed by atoms with Gasteiger partial charge in [-0.2, -0.15) is 5.26 Å². The summed E-state index contributed by atoms with van der Waals surface area (Å²) in [5.41, 5.74) is 1.75. The van der Waals surface area contributed by atoms with Gasteiger partial charge in [-0.05, 0) is 48.9 Å². The highest BCUT2D eigenvalue weighted by atomic mass is 32.2. The van der Waals surface area contributed by atoms with E-state index in [2.05, 4.69) is 0 Å². The predicted molar refractivity (Wildman–Crippen MR) is 116 cm³/mol. The first-order valence-electron chi connectivity index (χ1n) is 9.33. The van der Waals surface area contributed by atoms with Gasteiger partial charge in [-0.1, -0.05) is 42.0 Å². The van der Waals surface area contributed by atoms with E-state index < -0.39 is 14.7 Å². The standard InChI is InChI=1S/C24H20FNO4S/c1-17-7-10-20(11-8-17)31(27,28)21(15-26)13-18-9-12-23(24(14-18)29-2)30-16-19-5-3-4-6-22(19)25/h3-14H,16H2,1-2H3. The largest absolute Gasteiger partial charge is 0.493 e. The van der Waals surface area contributed by atoms with Crippen LogP contribution in [0.25, 0.3) is 6.08 Å².